The number of halogens is 1. The molecule has 1 aromatic heterocycles. The van der Waals surface area contributed by atoms with Gasteiger partial charge in [-0.2, -0.15) is 0 Å². The molecule has 2 aliphatic heterocycles. The maximum atomic E-state index is 12.5. The summed E-state index contributed by atoms with van der Waals surface area (Å²) < 4.78 is 16.9. The first kappa shape index (κ1) is 18.5. The summed E-state index contributed by atoms with van der Waals surface area (Å²) in [5, 5.41) is 0.620. The molecule has 0 N–H and O–H groups in total. The van der Waals surface area contributed by atoms with Gasteiger partial charge in [0.1, 0.15) is 0 Å². The fraction of sp³-hybridized carbons (Fsp3) is 0.500. The molecule has 27 heavy (non-hydrogen) atoms. The van der Waals surface area contributed by atoms with Crippen LogP contribution >= 0.6 is 11.6 Å². The maximum Gasteiger partial charge on any atom is 0.223 e. The molecule has 2 fully saturated rings. The third kappa shape index (κ3) is 4.34. The molecule has 0 spiro atoms. The Morgan fingerprint density at radius 1 is 1.19 bits per heavy atom. The second kappa shape index (κ2) is 8.42. The van der Waals surface area contributed by atoms with E-state index in [1.54, 1.807) is 6.20 Å². The van der Waals surface area contributed by atoms with Gasteiger partial charge in [-0.1, -0.05) is 23.7 Å². The van der Waals surface area contributed by atoms with E-state index in [0.717, 1.165) is 31.5 Å². The van der Waals surface area contributed by atoms with Gasteiger partial charge in [0.2, 0.25) is 5.91 Å². The molecule has 1 aromatic carbocycles. The lowest BCUT2D eigenvalue weighted by molar-refractivity contribution is -0.136. The van der Waals surface area contributed by atoms with Gasteiger partial charge >= 0.3 is 0 Å². The van der Waals surface area contributed by atoms with Crippen molar-refractivity contribution in [2.24, 2.45) is 5.92 Å². The van der Waals surface area contributed by atoms with Crippen molar-refractivity contribution in [2.45, 2.75) is 32.0 Å². The van der Waals surface area contributed by atoms with E-state index in [9.17, 15) is 4.79 Å². The molecule has 0 saturated carbocycles. The second-order valence-electron chi connectivity index (χ2n) is 6.93. The smallest absolute Gasteiger partial charge is 0.223 e. The predicted molar refractivity (Wildman–Crippen MR) is 100 cm³/mol. The van der Waals surface area contributed by atoms with Gasteiger partial charge in [0.15, 0.2) is 17.9 Å². The summed E-state index contributed by atoms with van der Waals surface area (Å²) in [6.07, 6.45) is 4.30. The van der Waals surface area contributed by atoms with Crippen molar-refractivity contribution in [1.29, 1.82) is 0 Å². The van der Waals surface area contributed by atoms with Crippen LogP contribution in [0.5, 0.6) is 0 Å². The molecule has 0 aliphatic carbocycles. The van der Waals surface area contributed by atoms with Gasteiger partial charge < -0.3 is 18.8 Å². The molecule has 6 nitrogen and oxygen atoms in total. The lowest BCUT2D eigenvalue weighted by Gasteiger charge is -2.33. The Kier molecular flexibility index (Phi) is 5.76. The minimum atomic E-state index is -0.0854. The van der Waals surface area contributed by atoms with E-state index < -0.39 is 0 Å². The lowest BCUT2D eigenvalue weighted by Crippen LogP contribution is -2.41. The number of carbonyl (C=O) groups excluding carboxylic acids is 1. The van der Waals surface area contributed by atoms with Crippen LogP contribution in [0.1, 0.15) is 25.2 Å². The molecule has 0 bridgehead atoms. The number of benzene rings is 1. The van der Waals surface area contributed by atoms with Gasteiger partial charge in [0, 0.05) is 37.4 Å². The number of nitrogens with zero attached hydrogens (tertiary/aromatic N) is 2. The van der Waals surface area contributed by atoms with E-state index in [0.29, 0.717) is 48.6 Å². The monoisotopic (exact) mass is 390 g/mol. The maximum absolute atomic E-state index is 12.5. The van der Waals surface area contributed by atoms with E-state index >= 15 is 0 Å². The summed E-state index contributed by atoms with van der Waals surface area (Å²) >= 11 is 6.19. The summed E-state index contributed by atoms with van der Waals surface area (Å²) in [6.45, 7) is 2.86. The van der Waals surface area contributed by atoms with Crippen LogP contribution in [0.3, 0.4) is 0 Å². The van der Waals surface area contributed by atoms with Crippen LogP contribution in [0, 0.1) is 5.92 Å². The Balaban J connectivity index is 1.27. The molecule has 7 heteroatoms. The molecule has 2 aliphatic rings. The first-order valence-electron chi connectivity index (χ1n) is 9.41. The number of carbonyl (C=O) groups is 1. The van der Waals surface area contributed by atoms with Crippen molar-refractivity contribution >= 4 is 17.5 Å². The van der Waals surface area contributed by atoms with Crippen molar-refractivity contribution in [3.63, 3.8) is 0 Å². The van der Waals surface area contributed by atoms with Gasteiger partial charge in [0.25, 0.3) is 0 Å². The molecule has 144 valence electrons. The quantitative estimate of drug-likeness (QED) is 0.781. The Morgan fingerprint density at radius 2 is 1.93 bits per heavy atom. The van der Waals surface area contributed by atoms with Crippen molar-refractivity contribution in [3.05, 3.63) is 41.4 Å². The fourth-order valence-corrected chi connectivity index (χ4v) is 3.88. The normalized spacial score (nSPS) is 18.9. The molecule has 0 atom stereocenters. The predicted octanol–water partition coefficient (Wildman–Crippen LogP) is 3.54. The van der Waals surface area contributed by atoms with Crippen molar-refractivity contribution in [2.75, 3.05) is 26.3 Å². The van der Waals surface area contributed by atoms with E-state index in [2.05, 4.69) is 4.98 Å². The van der Waals surface area contributed by atoms with Gasteiger partial charge in [-0.3, -0.25) is 4.79 Å². The van der Waals surface area contributed by atoms with Crippen molar-refractivity contribution in [3.8, 4) is 11.3 Å². The molecule has 3 heterocycles. The van der Waals surface area contributed by atoms with Crippen LogP contribution in [0.15, 0.2) is 34.9 Å². The average Bonchev–Trinajstić information content (AvgIpc) is 3.39. The van der Waals surface area contributed by atoms with E-state index in [1.165, 1.54) is 0 Å². The summed E-state index contributed by atoms with van der Waals surface area (Å²) in [4.78, 5) is 18.7. The average molecular weight is 391 g/mol. The fourth-order valence-electron chi connectivity index (χ4n) is 3.65. The first-order valence-corrected chi connectivity index (χ1v) is 9.79. The van der Waals surface area contributed by atoms with Crippen LogP contribution in [0.25, 0.3) is 11.3 Å². The van der Waals surface area contributed by atoms with Crippen LogP contribution in [-0.2, 0) is 20.7 Å². The molecule has 4 rings (SSSR count). The zero-order valence-corrected chi connectivity index (χ0v) is 15.9. The minimum Gasteiger partial charge on any atom is -0.441 e. The number of ether oxygens (including phenoxy) is 2. The number of rotatable bonds is 5. The minimum absolute atomic E-state index is 0.0854. The number of likely N-dealkylation sites (tertiary alicyclic amines) is 1. The van der Waals surface area contributed by atoms with Gasteiger partial charge in [-0.05, 0) is 25.0 Å². The van der Waals surface area contributed by atoms with E-state index in [1.807, 2.05) is 29.2 Å². The number of aromatic nitrogens is 1. The number of amides is 1. The molecular formula is C20H23ClN2O4. The molecule has 0 radical (unpaired) electrons. The highest BCUT2D eigenvalue weighted by Gasteiger charge is 2.31. The Hall–Kier alpha value is -1.89. The van der Waals surface area contributed by atoms with Gasteiger partial charge in [-0.25, -0.2) is 4.98 Å². The Labute approximate surface area is 163 Å². The molecule has 0 unspecified atom stereocenters. The van der Waals surface area contributed by atoms with Crippen LogP contribution < -0.4 is 0 Å². The van der Waals surface area contributed by atoms with E-state index in [-0.39, 0.29) is 12.2 Å². The zero-order chi connectivity index (χ0) is 18.6. The number of piperidine rings is 1. The standard InChI is InChI=1S/C20H23ClN2O4/c21-16-4-2-1-3-15(16)17-13-22-18(27-17)5-6-19(24)23-9-7-14(8-10-23)20-25-11-12-26-20/h1-4,13-14,20H,5-12H2. The molecular weight excluding hydrogens is 368 g/mol. The van der Waals surface area contributed by atoms with Crippen molar-refractivity contribution < 1.29 is 18.7 Å². The van der Waals surface area contributed by atoms with Gasteiger partial charge in [0.05, 0.1) is 24.4 Å². The second-order valence-corrected chi connectivity index (χ2v) is 7.33. The number of aryl methyl sites for hydroxylation is 1. The lowest BCUT2D eigenvalue weighted by atomic mass is 9.96. The van der Waals surface area contributed by atoms with Crippen LogP contribution in [0.2, 0.25) is 5.02 Å². The number of hydrogen-bond acceptors (Lipinski definition) is 5. The first-order chi connectivity index (χ1) is 13.2. The molecule has 1 amide bonds. The highest BCUT2D eigenvalue weighted by atomic mass is 35.5. The third-order valence-electron chi connectivity index (χ3n) is 5.17. The third-order valence-corrected chi connectivity index (χ3v) is 5.50. The highest BCUT2D eigenvalue weighted by molar-refractivity contribution is 6.33. The Bertz CT molecular complexity index is 780. The summed E-state index contributed by atoms with van der Waals surface area (Å²) in [5.74, 6) is 1.71. The topological polar surface area (TPSA) is 64.8 Å². The van der Waals surface area contributed by atoms with Crippen LogP contribution in [0.4, 0.5) is 0 Å². The number of hydrogen-bond donors (Lipinski definition) is 0. The SMILES string of the molecule is O=C(CCc1ncc(-c2ccccc2Cl)o1)N1CCC(C2OCCO2)CC1. The Morgan fingerprint density at radius 3 is 2.67 bits per heavy atom. The molecule has 2 saturated heterocycles. The number of oxazole rings is 1. The molecule has 2 aromatic rings. The summed E-state index contributed by atoms with van der Waals surface area (Å²) in [5.41, 5.74) is 0.808. The highest BCUT2D eigenvalue weighted by Crippen LogP contribution is 2.29. The summed E-state index contributed by atoms with van der Waals surface area (Å²) in [6, 6.07) is 7.47. The van der Waals surface area contributed by atoms with Crippen molar-refractivity contribution in [1.82, 2.24) is 9.88 Å². The zero-order valence-electron chi connectivity index (χ0n) is 15.1. The summed E-state index contributed by atoms with van der Waals surface area (Å²) in [7, 11) is 0. The van der Waals surface area contributed by atoms with Gasteiger partial charge in [-0.15, -0.1) is 0 Å². The van der Waals surface area contributed by atoms with E-state index in [4.69, 9.17) is 25.5 Å². The largest absolute Gasteiger partial charge is 0.441 e. The van der Waals surface area contributed by atoms with Crippen LogP contribution in [-0.4, -0.2) is 48.4 Å².